The first-order valence-electron chi connectivity index (χ1n) is 8.39. The van der Waals surface area contributed by atoms with E-state index in [1.165, 1.54) is 0 Å². The van der Waals surface area contributed by atoms with Gasteiger partial charge in [-0.3, -0.25) is 10.1 Å². The quantitative estimate of drug-likeness (QED) is 0.904. The van der Waals surface area contributed by atoms with Gasteiger partial charge in [-0.15, -0.1) is 10.2 Å². The fraction of sp³-hybridized carbons (Fsp3) is 0.800. The Morgan fingerprint density at radius 1 is 1.25 bits per heavy atom. The Morgan fingerprint density at radius 2 is 1.96 bits per heavy atom. The number of amides is 1. The van der Waals surface area contributed by atoms with E-state index in [0.717, 1.165) is 25.9 Å². The van der Waals surface area contributed by atoms with Gasteiger partial charge >= 0.3 is 6.18 Å². The SMILES string of the molecule is C[C@@H](NCc1nnc2n1CCC[C@@H]2C(F)(F)F)C(=O)N1CCCC1. The van der Waals surface area contributed by atoms with Gasteiger partial charge in [0.25, 0.3) is 0 Å². The van der Waals surface area contributed by atoms with Crippen LogP contribution in [0.15, 0.2) is 0 Å². The van der Waals surface area contributed by atoms with Crippen molar-refractivity contribution in [3.8, 4) is 0 Å². The maximum absolute atomic E-state index is 13.1. The monoisotopic (exact) mass is 345 g/mol. The highest BCUT2D eigenvalue weighted by Crippen LogP contribution is 2.40. The van der Waals surface area contributed by atoms with E-state index in [9.17, 15) is 18.0 Å². The molecule has 134 valence electrons. The average molecular weight is 345 g/mol. The average Bonchev–Trinajstić information content (AvgIpc) is 3.20. The van der Waals surface area contributed by atoms with Crippen molar-refractivity contribution in [1.82, 2.24) is 25.0 Å². The summed E-state index contributed by atoms with van der Waals surface area (Å²) in [5.74, 6) is -1.07. The zero-order valence-electron chi connectivity index (χ0n) is 13.6. The molecule has 0 radical (unpaired) electrons. The summed E-state index contributed by atoms with van der Waals surface area (Å²) in [5, 5.41) is 10.7. The minimum absolute atomic E-state index is 0.0101. The van der Waals surface area contributed by atoms with Gasteiger partial charge in [-0.25, -0.2) is 0 Å². The molecule has 2 atom stereocenters. The van der Waals surface area contributed by atoms with E-state index in [0.29, 0.717) is 18.8 Å². The van der Waals surface area contributed by atoms with E-state index in [-0.39, 0.29) is 24.7 Å². The highest BCUT2D eigenvalue weighted by Gasteiger charge is 2.45. The summed E-state index contributed by atoms with van der Waals surface area (Å²) in [7, 11) is 0. The van der Waals surface area contributed by atoms with Gasteiger partial charge in [-0.05, 0) is 32.6 Å². The maximum Gasteiger partial charge on any atom is 0.398 e. The van der Waals surface area contributed by atoms with E-state index in [4.69, 9.17) is 0 Å². The lowest BCUT2D eigenvalue weighted by molar-refractivity contribution is -0.156. The van der Waals surface area contributed by atoms with Crippen molar-refractivity contribution < 1.29 is 18.0 Å². The predicted octanol–water partition coefficient (Wildman–Crippen LogP) is 1.82. The zero-order valence-corrected chi connectivity index (χ0v) is 13.6. The Bertz CT molecular complexity index is 594. The lowest BCUT2D eigenvalue weighted by Gasteiger charge is -2.26. The molecule has 3 heterocycles. The molecule has 0 aromatic carbocycles. The Balaban J connectivity index is 1.64. The number of halogens is 3. The van der Waals surface area contributed by atoms with Crippen LogP contribution in [0.1, 0.15) is 50.2 Å². The number of alkyl halides is 3. The van der Waals surface area contributed by atoms with Crippen molar-refractivity contribution in [2.45, 2.75) is 63.8 Å². The van der Waals surface area contributed by atoms with Crippen LogP contribution in [0, 0.1) is 0 Å². The number of aromatic nitrogens is 3. The first-order valence-corrected chi connectivity index (χ1v) is 8.39. The lowest BCUT2D eigenvalue weighted by atomic mass is 9.98. The van der Waals surface area contributed by atoms with Crippen molar-refractivity contribution >= 4 is 5.91 Å². The number of nitrogens with one attached hydrogen (secondary N) is 1. The molecule has 0 saturated carbocycles. The summed E-state index contributed by atoms with van der Waals surface area (Å²) >= 11 is 0. The van der Waals surface area contributed by atoms with Gasteiger partial charge < -0.3 is 9.47 Å². The number of carbonyl (C=O) groups excluding carboxylic acids is 1. The summed E-state index contributed by atoms with van der Waals surface area (Å²) in [6.07, 6.45) is -1.75. The summed E-state index contributed by atoms with van der Waals surface area (Å²) in [6, 6.07) is -0.391. The predicted molar refractivity (Wildman–Crippen MR) is 80.2 cm³/mol. The Hall–Kier alpha value is -1.64. The Kier molecular flexibility index (Phi) is 4.80. The van der Waals surface area contributed by atoms with Crippen LogP contribution in [0.2, 0.25) is 0 Å². The second kappa shape index (κ2) is 6.70. The van der Waals surface area contributed by atoms with Crippen molar-refractivity contribution in [2.24, 2.45) is 0 Å². The van der Waals surface area contributed by atoms with Crippen LogP contribution in [0.5, 0.6) is 0 Å². The Morgan fingerprint density at radius 3 is 2.62 bits per heavy atom. The zero-order chi connectivity index (χ0) is 17.3. The number of carbonyl (C=O) groups is 1. The molecule has 1 N–H and O–H groups in total. The molecule has 0 bridgehead atoms. The molecule has 1 aromatic rings. The van der Waals surface area contributed by atoms with Gasteiger partial charge in [0.2, 0.25) is 5.91 Å². The number of rotatable bonds is 4. The first-order chi connectivity index (χ1) is 11.4. The summed E-state index contributed by atoms with van der Waals surface area (Å²) in [6.45, 7) is 4.04. The molecule has 0 unspecified atom stereocenters. The van der Waals surface area contributed by atoms with E-state index >= 15 is 0 Å². The highest BCUT2D eigenvalue weighted by molar-refractivity contribution is 5.81. The van der Waals surface area contributed by atoms with Crippen LogP contribution in [0.4, 0.5) is 13.2 Å². The van der Waals surface area contributed by atoms with Gasteiger partial charge in [-0.2, -0.15) is 13.2 Å². The number of likely N-dealkylation sites (tertiary alicyclic amines) is 1. The lowest BCUT2D eigenvalue weighted by Crippen LogP contribution is -2.43. The van der Waals surface area contributed by atoms with Crippen molar-refractivity contribution in [2.75, 3.05) is 13.1 Å². The van der Waals surface area contributed by atoms with Crippen LogP contribution < -0.4 is 5.32 Å². The van der Waals surface area contributed by atoms with Gasteiger partial charge in [-0.1, -0.05) is 0 Å². The number of fused-ring (bicyclic) bond motifs is 1. The van der Waals surface area contributed by atoms with Crippen molar-refractivity contribution in [1.29, 1.82) is 0 Å². The fourth-order valence-corrected chi connectivity index (χ4v) is 3.42. The molecule has 1 aromatic heterocycles. The van der Waals surface area contributed by atoms with E-state index in [1.807, 2.05) is 4.90 Å². The molecule has 0 aliphatic carbocycles. The first kappa shape index (κ1) is 17.2. The molecule has 1 amide bonds. The highest BCUT2D eigenvalue weighted by atomic mass is 19.4. The third-order valence-corrected chi connectivity index (χ3v) is 4.79. The van der Waals surface area contributed by atoms with Crippen molar-refractivity contribution in [3.63, 3.8) is 0 Å². The summed E-state index contributed by atoms with van der Waals surface area (Å²) in [4.78, 5) is 14.1. The number of hydrogen-bond donors (Lipinski definition) is 1. The number of hydrogen-bond acceptors (Lipinski definition) is 4. The molecule has 1 saturated heterocycles. The third-order valence-electron chi connectivity index (χ3n) is 4.79. The molecular weight excluding hydrogens is 323 g/mol. The van der Waals surface area contributed by atoms with E-state index in [1.54, 1.807) is 11.5 Å². The molecule has 6 nitrogen and oxygen atoms in total. The van der Waals surface area contributed by atoms with Gasteiger partial charge in [0, 0.05) is 19.6 Å². The molecule has 24 heavy (non-hydrogen) atoms. The standard InChI is InChI=1S/C15H22F3N5O/c1-10(14(24)22-6-2-3-7-22)19-9-12-20-21-13-11(15(16,17)18)5-4-8-23(12)13/h10-11,19H,2-9H2,1H3/t10-,11+/m1/s1. The molecule has 3 rings (SSSR count). The molecule has 0 spiro atoms. The minimum atomic E-state index is -4.30. The normalized spacial score (nSPS) is 22.5. The van der Waals surface area contributed by atoms with Crippen LogP contribution in [-0.4, -0.2) is 50.9 Å². The molecular formula is C15H22F3N5O. The Labute approximate surface area is 138 Å². The molecule has 9 heteroatoms. The molecule has 2 aliphatic rings. The van der Waals surface area contributed by atoms with Crippen molar-refractivity contribution in [3.05, 3.63) is 11.6 Å². The van der Waals surface area contributed by atoms with E-state index in [2.05, 4.69) is 15.5 Å². The third kappa shape index (κ3) is 3.40. The molecule has 1 fully saturated rings. The van der Waals surface area contributed by atoms with Crippen LogP contribution in [0.25, 0.3) is 0 Å². The number of nitrogens with zero attached hydrogens (tertiary/aromatic N) is 4. The van der Waals surface area contributed by atoms with Gasteiger partial charge in [0.1, 0.15) is 17.6 Å². The van der Waals surface area contributed by atoms with Gasteiger partial charge in [0.05, 0.1) is 12.6 Å². The second-order valence-corrected chi connectivity index (χ2v) is 6.50. The van der Waals surface area contributed by atoms with Crippen LogP contribution in [0.3, 0.4) is 0 Å². The summed E-state index contributed by atoms with van der Waals surface area (Å²) in [5.41, 5.74) is 0. The van der Waals surface area contributed by atoms with Gasteiger partial charge in [0.15, 0.2) is 0 Å². The van der Waals surface area contributed by atoms with Crippen LogP contribution in [-0.2, 0) is 17.9 Å². The minimum Gasteiger partial charge on any atom is -0.341 e. The van der Waals surface area contributed by atoms with E-state index < -0.39 is 18.1 Å². The fourth-order valence-electron chi connectivity index (χ4n) is 3.42. The smallest absolute Gasteiger partial charge is 0.341 e. The summed E-state index contributed by atoms with van der Waals surface area (Å²) < 4.78 is 40.8. The largest absolute Gasteiger partial charge is 0.398 e. The second-order valence-electron chi connectivity index (χ2n) is 6.50. The molecule has 2 aliphatic heterocycles. The maximum atomic E-state index is 13.1. The van der Waals surface area contributed by atoms with Crippen LogP contribution >= 0.6 is 0 Å². The topological polar surface area (TPSA) is 63.1 Å².